The summed E-state index contributed by atoms with van der Waals surface area (Å²) in [4.78, 5) is 4.50. The number of oxazole rings is 1. The van der Waals surface area contributed by atoms with Crippen LogP contribution < -0.4 is 0 Å². The van der Waals surface area contributed by atoms with Crippen molar-refractivity contribution >= 4 is 29.0 Å². The second kappa shape index (κ2) is 6.06. The summed E-state index contributed by atoms with van der Waals surface area (Å²) in [6, 6.07) is 13.3. The highest BCUT2D eigenvalue weighted by Crippen LogP contribution is 2.25. The van der Waals surface area contributed by atoms with Crippen LogP contribution in [0.25, 0.3) is 17.1 Å². The van der Waals surface area contributed by atoms with Crippen molar-refractivity contribution in [2.75, 3.05) is 0 Å². The molecule has 0 aliphatic carbocycles. The molecule has 1 aromatic carbocycles. The Balaban J connectivity index is 1.52. The molecule has 0 atom stereocenters. The summed E-state index contributed by atoms with van der Waals surface area (Å²) in [5.41, 5.74) is 2.54. The van der Waals surface area contributed by atoms with E-state index in [1.165, 1.54) is 0 Å². The lowest BCUT2D eigenvalue weighted by atomic mass is 10.2. The minimum absolute atomic E-state index is 0.564. The van der Waals surface area contributed by atoms with Gasteiger partial charge in [0.05, 0.1) is 5.69 Å². The quantitative estimate of drug-likeness (QED) is 0.517. The van der Waals surface area contributed by atoms with E-state index in [1.807, 2.05) is 53.1 Å². The van der Waals surface area contributed by atoms with E-state index in [4.69, 9.17) is 16.0 Å². The first kappa shape index (κ1) is 14.3. The highest BCUT2D eigenvalue weighted by Gasteiger charge is 2.10. The molecular weight excluding hydrogens is 332 g/mol. The summed E-state index contributed by atoms with van der Waals surface area (Å²) in [5, 5.41) is 9.80. The molecule has 0 saturated carbocycles. The van der Waals surface area contributed by atoms with Crippen LogP contribution in [-0.2, 0) is 5.75 Å². The molecule has 3 heterocycles. The van der Waals surface area contributed by atoms with E-state index in [1.54, 1.807) is 18.0 Å². The van der Waals surface area contributed by atoms with Crippen LogP contribution in [0.4, 0.5) is 0 Å². The number of aromatic nitrogens is 4. The Kier molecular flexibility index (Phi) is 3.77. The predicted octanol–water partition coefficient (Wildman–Crippen LogP) is 4.33. The molecule has 0 bridgehead atoms. The van der Waals surface area contributed by atoms with Crippen LogP contribution in [0.15, 0.2) is 64.5 Å². The molecule has 0 saturated heterocycles. The number of pyridine rings is 1. The zero-order valence-electron chi connectivity index (χ0n) is 11.9. The minimum Gasteiger partial charge on any atom is -0.444 e. The molecule has 0 radical (unpaired) electrons. The number of thioether (sulfide) groups is 1. The molecule has 4 aromatic rings. The van der Waals surface area contributed by atoms with Crippen LogP contribution in [-0.4, -0.2) is 19.6 Å². The zero-order chi connectivity index (χ0) is 15.6. The summed E-state index contributed by atoms with van der Waals surface area (Å²) < 4.78 is 7.48. The van der Waals surface area contributed by atoms with Crippen molar-refractivity contribution in [1.82, 2.24) is 19.6 Å². The minimum atomic E-state index is 0.564. The fourth-order valence-electron chi connectivity index (χ4n) is 2.18. The van der Waals surface area contributed by atoms with Gasteiger partial charge in [-0.25, -0.2) is 4.98 Å². The first-order chi connectivity index (χ1) is 11.3. The molecule has 5 nitrogen and oxygen atoms in total. The molecule has 0 N–H and O–H groups in total. The number of benzene rings is 1. The Morgan fingerprint density at radius 1 is 1.13 bits per heavy atom. The summed E-state index contributed by atoms with van der Waals surface area (Å²) in [6.07, 6.45) is 3.60. The lowest BCUT2D eigenvalue weighted by Gasteiger charge is -1.97. The van der Waals surface area contributed by atoms with Crippen molar-refractivity contribution in [3.05, 3.63) is 65.6 Å². The average Bonchev–Trinajstić information content (AvgIpc) is 3.20. The smallest absolute Gasteiger partial charge is 0.226 e. The summed E-state index contributed by atoms with van der Waals surface area (Å²) in [5.74, 6) is 1.22. The van der Waals surface area contributed by atoms with E-state index in [2.05, 4.69) is 15.2 Å². The maximum absolute atomic E-state index is 5.99. The van der Waals surface area contributed by atoms with E-state index in [-0.39, 0.29) is 0 Å². The van der Waals surface area contributed by atoms with Crippen molar-refractivity contribution in [1.29, 1.82) is 0 Å². The standard InChI is InChI=1S/C16H11ClN4OS/c17-12-5-3-4-11(8-12)15-18-13(9-22-15)10-23-16-20-19-14-6-1-2-7-21(14)16/h1-9H,10H2. The van der Waals surface area contributed by atoms with E-state index >= 15 is 0 Å². The number of hydrogen-bond donors (Lipinski definition) is 0. The number of halogens is 1. The predicted molar refractivity (Wildman–Crippen MR) is 89.5 cm³/mol. The van der Waals surface area contributed by atoms with Gasteiger partial charge in [-0.3, -0.25) is 4.40 Å². The number of nitrogens with zero attached hydrogens (tertiary/aromatic N) is 4. The SMILES string of the molecule is Clc1cccc(-c2nc(CSc3nnc4ccccn34)co2)c1. The van der Waals surface area contributed by atoms with Gasteiger partial charge in [-0.05, 0) is 30.3 Å². The van der Waals surface area contributed by atoms with Gasteiger partial charge in [-0.1, -0.05) is 35.5 Å². The van der Waals surface area contributed by atoms with Crippen LogP contribution >= 0.6 is 23.4 Å². The highest BCUT2D eigenvalue weighted by atomic mass is 35.5. The van der Waals surface area contributed by atoms with Crippen LogP contribution in [0.3, 0.4) is 0 Å². The maximum Gasteiger partial charge on any atom is 0.226 e. The topological polar surface area (TPSA) is 56.2 Å². The molecule has 0 amide bonds. The van der Waals surface area contributed by atoms with Crippen molar-refractivity contribution in [2.24, 2.45) is 0 Å². The monoisotopic (exact) mass is 342 g/mol. The van der Waals surface area contributed by atoms with Crippen LogP contribution in [0.5, 0.6) is 0 Å². The molecule has 3 aromatic heterocycles. The molecule has 0 aliphatic rings. The lowest BCUT2D eigenvalue weighted by molar-refractivity contribution is 0.573. The van der Waals surface area contributed by atoms with Crippen LogP contribution in [0.1, 0.15) is 5.69 Å². The average molecular weight is 343 g/mol. The Morgan fingerprint density at radius 3 is 3.00 bits per heavy atom. The molecule has 7 heteroatoms. The van der Waals surface area contributed by atoms with E-state index in [9.17, 15) is 0 Å². The molecule has 114 valence electrons. The zero-order valence-corrected chi connectivity index (χ0v) is 13.5. The van der Waals surface area contributed by atoms with E-state index in [0.29, 0.717) is 16.7 Å². The second-order valence-electron chi connectivity index (χ2n) is 4.85. The third-order valence-electron chi connectivity index (χ3n) is 3.25. The van der Waals surface area contributed by atoms with Gasteiger partial charge in [0.2, 0.25) is 5.89 Å². The maximum atomic E-state index is 5.99. The number of hydrogen-bond acceptors (Lipinski definition) is 5. The first-order valence-corrected chi connectivity index (χ1v) is 8.29. The normalized spacial score (nSPS) is 11.2. The molecule has 4 rings (SSSR count). The van der Waals surface area contributed by atoms with Crippen molar-refractivity contribution in [3.63, 3.8) is 0 Å². The Labute approximate surface area is 141 Å². The van der Waals surface area contributed by atoms with E-state index < -0.39 is 0 Å². The van der Waals surface area contributed by atoms with Crippen LogP contribution in [0.2, 0.25) is 5.02 Å². The molecule has 23 heavy (non-hydrogen) atoms. The molecule has 0 spiro atoms. The molecular formula is C16H11ClN4OS. The third kappa shape index (κ3) is 2.95. The summed E-state index contributed by atoms with van der Waals surface area (Å²) >= 11 is 7.56. The van der Waals surface area contributed by atoms with Gasteiger partial charge in [0, 0.05) is 22.5 Å². The second-order valence-corrected chi connectivity index (χ2v) is 6.23. The lowest BCUT2D eigenvalue weighted by Crippen LogP contribution is -1.88. The largest absolute Gasteiger partial charge is 0.444 e. The van der Waals surface area contributed by atoms with Gasteiger partial charge in [-0.2, -0.15) is 0 Å². The fourth-order valence-corrected chi connectivity index (χ4v) is 3.18. The Hall–Kier alpha value is -2.31. The highest BCUT2D eigenvalue weighted by molar-refractivity contribution is 7.98. The summed E-state index contributed by atoms with van der Waals surface area (Å²) in [7, 11) is 0. The summed E-state index contributed by atoms with van der Waals surface area (Å²) in [6.45, 7) is 0. The van der Waals surface area contributed by atoms with Gasteiger partial charge in [-0.15, -0.1) is 10.2 Å². The molecule has 0 aliphatic heterocycles. The van der Waals surface area contributed by atoms with Crippen LogP contribution in [0, 0.1) is 0 Å². The van der Waals surface area contributed by atoms with Gasteiger partial charge >= 0.3 is 0 Å². The fraction of sp³-hybridized carbons (Fsp3) is 0.0625. The van der Waals surface area contributed by atoms with Crippen molar-refractivity contribution in [2.45, 2.75) is 10.9 Å². The van der Waals surface area contributed by atoms with Crippen molar-refractivity contribution in [3.8, 4) is 11.5 Å². The molecule has 0 fully saturated rings. The van der Waals surface area contributed by atoms with Gasteiger partial charge in [0.25, 0.3) is 0 Å². The van der Waals surface area contributed by atoms with Gasteiger partial charge in [0.15, 0.2) is 10.8 Å². The third-order valence-corrected chi connectivity index (χ3v) is 4.47. The number of rotatable bonds is 4. The van der Waals surface area contributed by atoms with E-state index in [0.717, 1.165) is 22.1 Å². The van der Waals surface area contributed by atoms with Gasteiger partial charge < -0.3 is 4.42 Å². The first-order valence-electron chi connectivity index (χ1n) is 6.92. The Morgan fingerprint density at radius 2 is 2.09 bits per heavy atom. The Bertz CT molecular complexity index is 965. The number of fused-ring (bicyclic) bond motifs is 1. The van der Waals surface area contributed by atoms with Crippen molar-refractivity contribution < 1.29 is 4.42 Å². The van der Waals surface area contributed by atoms with Gasteiger partial charge in [0.1, 0.15) is 6.26 Å². The molecule has 0 unspecified atom stereocenters.